The maximum Gasteiger partial charge on any atom is 0.265 e. The topological polar surface area (TPSA) is 128 Å². The Balaban J connectivity index is 0.874. The second kappa shape index (κ2) is 22.3. The number of unbranched alkanes of at least 4 members (excludes halogenated alkanes) is 4. The Kier molecular flexibility index (Phi) is 16.4. The van der Waals surface area contributed by atoms with Crippen molar-refractivity contribution in [3.05, 3.63) is 93.5 Å². The number of carbonyl (C=O) groups is 4. The van der Waals surface area contributed by atoms with Crippen molar-refractivity contribution in [1.82, 2.24) is 30.0 Å². The number of hydrogen-bond donors (Lipinski definition) is 1. The Morgan fingerprint density at radius 1 is 0.970 bits per heavy atom. The SMILES string of the molecule is CC/C=C(\Cl)C(=O)N1CCN(c2ncnc3c(F)c(-c4c(F)cccc4OCCCCCCCN4CCC(c5cc(F)cc6c5CN(C(C=O)CCC(=O)NC)C6=O)CC4)c(C)cc23)CC1. The quantitative estimate of drug-likeness (QED) is 0.0560. The van der Waals surface area contributed by atoms with E-state index in [1.165, 1.54) is 30.4 Å². The second-order valence-corrected chi connectivity index (χ2v) is 17.8. The standard InChI is InChI=1S/C50H59ClF3N7O5/c1-4-11-40(51)50(65)60-23-21-59(22-24-60)48-38-26-32(2)44(46(54)47(38)56-31-57-48)45-41(53)12-10-13-42(45)66-25-9-7-5-6-8-18-58-19-16-33(17-20-58)36-27-34(52)28-37-39(36)29-61(49(37)64)35(30-62)14-15-43(63)55-3/h10-13,26-28,30-31,33,35H,4-9,14-25,29H2,1-3H3,(H,55,63)/b40-11-. The number of aromatic nitrogens is 2. The molecule has 7 rings (SSSR count). The summed E-state index contributed by atoms with van der Waals surface area (Å²) in [7, 11) is 1.52. The van der Waals surface area contributed by atoms with Crippen molar-refractivity contribution < 1.29 is 37.1 Å². The molecule has 12 nitrogen and oxygen atoms in total. The van der Waals surface area contributed by atoms with Crippen LogP contribution >= 0.6 is 11.6 Å². The summed E-state index contributed by atoms with van der Waals surface area (Å²) >= 11 is 6.19. The number of likely N-dealkylation sites (tertiary alicyclic amines) is 1. The molecule has 2 fully saturated rings. The Morgan fingerprint density at radius 3 is 2.44 bits per heavy atom. The number of rotatable bonds is 19. The summed E-state index contributed by atoms with van der Waals surface area (Å²) in [5.74, 6) is -1.58. The number of aldehydes is 1. The first-order chi connectivity index (χ1) is 31.9. The van der Waals surface area contributed by atoms with Crippen molar-refractivity contribution in [1.29, 1.82) is 0 Å². The molecule has 1 atom stereocenters. The molecular formula is C50H59ClF3N7O5. The summed E-state index contributed by atoms with van der Waals surface area (Å²) in [5.41, 5.74) is 2.68. The van der Waals surface area contributed by atoms with E-state index >= 15 is 8.78 Å². The molecule has 0 radical (unpaired) electrons. The van der Waals surface area contributed by atoms with E-state index in [-0.39, 0.29) is 70.5 Å². The van der Waals surface area contributed by atoms with E-state index in [9.17, 15) is 23.6 Å². The van der Waals surface area contributed by atoms with E-state index in [0.717, 1.165) is 75.7 Å². The van der Waals surface area contributed by atoms with Gasteiger partial charge in [0.15, 0.2) is 5.82 Å². The zero-order valence-corrected chi connectivity index (χ0v) is 38.8. The third kappa shape index (κ3) is 10.8. The Hall–Kier alpha value is -5.54. The van der Waals surface area contributed by atoms with Gasteiger partial charge in [0, 0.05) is 62.7 Å². The number of piperazine rings is 1. The molecule has 1 N–H and O–H groups in total. The van der Waals surface area contributed by atoms with Gasteiger partial charge in [-0.05, 0) is 118 Å². The fourth-order valence-corrected chi connectivity index (χ4v) is 9.89. The van der Waals surface area contributed by atoms with Gasteiger partial charge >= 0.3 is 0 Å². The van der Waals surface area contributed by atoms with E-state index in [0.29, 0.717) is 67.8 Å². The number of amides is 3. The number of fused-ring (bicyclic) bond motifs is 2. The van der Waals surface area contributed by atoms with Crippen LogP contribution < -0.4 is 15.0 Å². The first kappa shape index (κ1) is 48.4. The van der Waals surface area contributed by atoms with Crippen LogP contribution in [0.4, 0.5) is 19.0 Å². The van der Waals surface area contributed by atoms with Gasteiger partial charge in [0.05, 0.1) is 18.2 Å². The van der Waals surface area contributed by atoms with Crippen LogP contribution in [0, 0.1) is 24.4 Å². The zero-order valence-electron chi connectivity index (χ0n) is 38.0. The number of anilines is 1. The number of nitrogens with zero attached hydrogens (tertiary/aromatic N) is 6. The number of halogens is 4. The molecule has 0 spiro atoms. The number of piperidine rings is 1. The first-order valence-electron chi connectivity index (χ1n) is 23.2. The molecule has 352 valence electrons. The Bertz CT molecular complexity index is 2460. The number of ether oxygens (including phenoxy) is 1. The van der Waals surface area contributed by atoms with Crippen molar-refractivity contribution in [3.8, 4) is 16.9 Å². The molecule has 1 unspecified atom stereocenters. The lowest BCUT2D eigenvalue weighted by Gasteiger charge is -2.35. The average molecular weight is 931 g/mol. The predicted octanol–water partition coefficient (Wildman–Crippen LogP) is 8.46. The third-order valence-corrected chi connectivity index (χ3v) is 13.5. The number of aryl methyl sites for hydroxylation is 1. The largest absolute Gasteiger partial charge is 0.493 e. The van der Waals surface area contributed by atoms with E-state index in [2.05, 4.69) is 20.2 Å². The van der Waals surface area contributed by atoms with Crippen LogP contribution in [0.25, 0.3) is 22.0 Å². The van der Waals surface area contributed by atoms with Crippen LogP contribution in [0.15, 0.2) is 53.8 Å². The molecule has 2 saturated heterocycles. The van der Waals surface area contributed by atoms with Gasteiger partial charge in [-0.2, -0.15) is 0 Å². The van der Waals surface area contributed by atoms with Gasteiger partial charge in [0.1, 0.15) is 46.4 Å². The Morgan fingerprint density at radius 2 is 1.71 bits per heavy atom. The molecule has 3 aromatic carbocycles. The van der Waals surface area contributed by atoms with Crippen molar-refractivity contribution in [2.24, 2.45) is 0 Å². The van der Waals surface area contributed by atoms with E-state index in [1.807, 2.05) is 11.8 Å². The Labute approximate surface area is 389 Å². The minimum Gasteiger partial charge on any atom is -0.493 e. The summed E-state index contributed by atoms with van der Waals surface area (Å²) in [6, 6.07) is 8.37. The fraction of sp³-hybridized carbons (Fsp3) is 0.480. The van der Waals surface area contributed by atoms with Gasteiger partial charge in [-0.1, -0.05) is 49.9 Å². The van der Waals surface area contributed by atoms with E-state index in [4.69, 9.17) is 16.3 Å². The molecule has 0 bridgehead atoms. The highest BCUT2D eigenvalue weighted by molar-refractivity contribution is 6.42. The molecule has 4 aromatic rings. The van der Waals surface area contributed by atoms with Crippen molar-refractivity contribution in [2.75, 3.05) is 64.4 Å². The summed E-state index contributed by atoms with van der Waals surface area (Å²) < 4.78 is 53.2. The molecular weight excluding hydrogens is 871 g/mol. The van der Waals surface area contributed by atoms with Crippen LogP contribution in [0.1, 0.15) is 104 Å². The van der Waals surface area contributed by atoms with Crippen LogP contribution in [-0.4, -0.2) is 114 Å². The zero-order chi connectivity index (χ0) is 46.9. The summed E-state index contributed by atoms with van der Waals surface area (Å²) in [6.07, 6.45) is 11.1. The van der Waals surface area contributed by atoms with E-state index in [1.54, 1.807) is 42.2 Å². The van der Waals surface area contributed by atoms with Crippen LogP contribution in [0.5, 0.6) is 5.75 Å². The van der Waals surface area contributed by atoms with Gasteiger partial charge in [0.25, 0.3) is 11.8 Å². The molecule has 3 amide bonds. The van der Waals surface area contributed by atoms with Gasteiger partial charge in [-0.15, -0.1) is 0 Å². The lowest BCUT2D eigenvalue weighted by atomic mass is 9.85. The number of hydrogen-bond acceptors (Lipinski definition) is 9. The highest BCUT2D eigenvalue weighted by Gasteiger charge is 2.37. The highest BCUT2D eigenvalue weighted by Crippen LogP contribution is 2.41. The van der Waals surface area contributed by atoms with Gasteiger partial charge in [-0.25, -0.2) is 23.1 Å². The molecule has 16 heteroatoms. The minimum absolute atomic E-state index is 0.0563. The maximum absolute atomic E-state index is 16.6. The predicted molar refractivity (Wildman–Crippen MR) is 249 cm³/mol. The first-order valence-corrected chi connectivity index (χ1v) is 23.6. The number of allylic oxidation sites excluding steroid dienone is 1. The third-order valence-electron chi connectivity index (χ3n) is 13.2. The normalized spacial score (nSPS) is 16.5. The summed E-state index contributed by atoms with van der Waals surface area (Å²) in [5, 5.41) is 3.24. The number of carbonyl (C=O) groups excluding carboxylic acids is 4. The molecule has 3 aliphatic rings. The summed E-state index contributed by atoms with van der Waals surface area (Å²) in [4.78, 5) is 66.2. The number of nitrogens with one attached hydrogen (secondary N) is 1. The van der Waals surface area contributed by atoms with E-state index < -0.39 is 23.5 Å². The monoisotopic (exact) mass is 929 g/mol. The molecule has 3 aliphatic heterocycles. The van der Waals surface area contributed by atoms with Crippen molar-refractivity contribution in [2.45, 2.75) is 96.6 Å². The fourth-order valence-electron chi connectivity index (χ4n) is 9.61. The molecule has 4 heterocycles. The lowest BCUT2D eigenvalue weighted by molar-refractivity contribution is -0.126. The molecule has 1 aromatic heterocycles. The summed E-state index contributed by atoms with van der Waals surface area (Å²) in [6.45, 7) is 8.71. The minimum atomic E-state index is -0.758. The number of benzene rings is 3. The molecule has 66 heavy (non-hydrogen) atoms. The van der Waals surface area contributed by atoms with Crippen molar-refractivity contribution in [3.63, 3.8) is 0 Å². The van der Waals surface area contributed by atoms with Gasteiger partial charge in [-0.3, -0.25) is 14.4 Å². The van der Waals surface area contributed by atoms with Crippen LogP contribution in [0.2, 0.25) is 0 Å². The smallest absolute Gasteiger partial charge is 0.265 e. The average Bonchev–Trinajstić information content (AvgIpc) is 3.65. The maximum atomic E-state index is 16.6. The second-order valence-electron chi connectivity index (χ2n) is 17.4. The van der Waals surface area contributed by atoms with Gasteiger partial charge < -0.3 is 34.4 Å². The van der Waals surface area contributed by atoms with Crippen LogP contribution in [-0.2, 0) is 20.9 Å². The lowest BCUT2D eigenvalue weighted by Crippen LogP contribution is -2.49. The van der Waals surface area contributed by atoms with Gasteiger partial charge in [0.2, 0.25) is 5.91 Å². The van der Waals surface area contributed by atoms with Crippen LogP contribution in [0.3, 0.4) is 0 Å². The van der Waals surface area contributed by atoms with Crippen molar-refractivity contribution >= 4 is 52.3 Å². The highest BCUT2D eigenvalue weighted by atomic mass is 35.5. The molecule has 0 aliphatic carbocycles. The molecule has 0 saturated carbocycles.